The molecule has 0 bridgehead atoms. The lowest BCUT2D eigenvalue weighted by atomic mass is 10.1. The fourth-order valence-electron chi connectivity index (χ4n) is 0.887. The molecule has 0 saturated heterocycles. The molecule has 0 radical (unpaired) electrons. The lowest BCUT2D eigenvalue weighted by Gasteiger charge is -1.99. The first-order valence-electron chi connectivity index (χ1n) is 3.78. The quantitative estimate of drug-likeness (QED) is 0.439. The van der Waals surface area contributed by atoms with E-state index in [9.17, 15) is 4.79 Å². The second-order valence-electron chi connectivity index (χ2n) is 3.19. The molecular weight excluding hydrogens is 136 g/mol. The van der Waals surface area contributed by atoms with Crippen LogP contribution in [0.3, 0.4) is 0 Å². The fraction of sp³-hybridized carbons (Fsp3) is 0.500. The van der Waals surface area contributed by atoms with Gasteiger partial charge in [0.25, 0.3) is 0 Å². The van der Waals surface area contributed by atoms with Crippen LogP contribution in [-0.2, 0) is 4.79 Å². The molecule has 0 saturated carbocycles. The number of hydrogen-bond acceptors (Lipinski definition) is 1. The van der Waals surface area contributed by atoms with Crippen molar-refractivity contribution in [3.8, 4) is 0 Å². The van der Waals surface area contributed by atoms with Gasteiger partial charge in [-0.05, 0) is 34.6 Å². The third kappa shape index (κ3) is 3.76. The van der Waals surface area contributed by atoms with E-state index in [0.717, 1.165) is 16.7 Å². The fourth-order valence-corrected chi connectivity index (χ4v) is 0.887. The SMILES string of the molecule is CC(=O)C(C=C(C)C)=C(C)C. The molecule has 0 fully saturated rings. The Morgan fingerprint density at radius 2 is 1.45 bits per heavy atom. The molecule has 0 spiro atoms. The summed E-state index contributed by atoms with van der Waals surface area (Å²) in [4.78, 5) is 11.0. The van der Waals surface area contributed by atoms with Crippen molar-refractivity contribution in [1.82, 2.24) is 0 Å². The first kappa shape index (κ1) is 10.2. The molecular formula is C10H16O. The summed E-state index contributed by atoms with van der Waals surface area (Å²) in [6.45, 7) is 9.49. The minimum atomic E-state index is 0.145. The highest BCUT2D eigenvalue weighted by Crippen LogP contribution is 2.08. The maximum absolute atomic E-state index is 11.0. The molecule has 1 nitrogen and oxygen atoms in total. The number of rotatable bonds is 2. The Balaban J connectivity index is 4.81. The van der Waals surface area contributed by atoms with Gasteiger partial charge in [0.15, 0.2) is 5.78 Å². The lowest BCUT2D eigenvalue weighted by Crippen LogP contribution is -1.95. The predicted molar refractivity (Wildman–Crippen MR) is 48.5 cm³/mol. The van der Waals surface area contributed by atoms with Gasteiger partial charge in [-0.3, -0.25) is 4.79 Å². The second-order valence-corrected chi connectivity index (χ2v) is 3.19. The molecule has 0 aliphatic carbocycles. The van der Waals surface area contributed by atoms with E-state index in [-0.39, 0.29) is 5.78 Å². The smallest absolute Gasteiger partial charge is 0.159 e. The van der Waals surface area contributed by atoms with Crippen molar-refractivity contribution in [1.29, 1.82) is 0 Å². The Morgan fingerprint density at radius 1 is 1.00 bits per heavy atom. The molecule has 1 heteroatoms. The summed E-state index contributed by atoms with van der Waals surface area (Å²) in [7, 11) is 0. The molecule has 0 aromatic carbocycles. The monoisotopic (exact) mass is 152 g/mol. The van der Waals surface area contributed by atoms with Crippen molar-refractivity contribution in [3.63, 3.8) is 0 Å². The molecule has 0 aromatic heterocycles. The summed E-state index contributed by atoms with van der Waals surface area (Å²) < 4.78 is 0. The van der Waals surface area contributed by atoms with E-state index in [0.29, 0.717) is 0 Å². The number of carbonyl (C=O) groups is 1. The van der Waals surface area contributed by atoms with E-state index in [2.05, 4.69) is 0 Å². The standard InChI is InChI=1S/C10H16O/c1-7(2)6-10(8(3)4)9(5)11/h6H,1-5H3. The lowest BCUT2D eigenvalue weighted by molar-refractivity contribution is -0.113. The Labute approximate surface area is 68.8 Å². The summed E-state index contributed by atoms with van der Waals surface area (Å²) in [5.41, 5.74) is 3.08. The zero-order chi connectivity index (χ0) is 9.02. The summed E-state index contributed by atoms with van der Waals surface area (Å²) in [5.74, 6) is 0.145. The summed E-state index contributed by atoms with van der Waals surface area (Å²) in [6, 6.07) is 0. The number of ketones is 1. The molecule has 0 aromatic rings. The average Bonchev–Trinajstić information content (AvgIpc) is 1.81. The molecule has 0 aliphatic heterocycles. The Morgan fingerprint density at radius 3 is 1.55 bits per heavy atom. The predicted octanol–water partition coefficient (Wildman–Crippen LogP) is 2.88. The van der Waals surface area contributed by atoms with Gasteiger partial charge in [0.1, 0.15) is 0 Å². The van der Waals surface area contributed by atoms with Gasteiger partial charge in [-0.1, -0.05) is 17.2 Å². The van der Waals surface area contributed by atoms with Gasteiger partial charge >= 0.3 is 0 Å². The van der Waals surface area contributed by atoms with Crippen LogP contribution in [0, 0.1) is 0 Å². The zero-order valence-corrected chi connectivity index (χ0v) is 7.99. The average molecular weight is 152 g/mol. The second kappa shape index (κ2) is 4.12. The van der Waals surface area contributed by atoms with Crippen LogP contribution in [0.25, 0.3) is 0 Å². The molecule has 62 valence electrons. The molecule has 0 N–H and O–H groups in total. The van der Waals surface area contributed by atoms with Crippen molar-refractivity contribution in [2.24, 2.45) is 0 Å². The largest absolute Gasteiger partial charge is 0.295 e. The van der Waals surface area contributed by atoms with Crippen molar-refractivity contribution in [2.45, 2.75) is 34.6 Å². The van der Waals surface area contributed by atoms with Crippen LogP contribution in [-0.4, -0.2) is 5.78 Å². The molecule has 0 rings (SSSR count). The number of hydrogen-bond donors (Lipinski definition) is 0. The highest BCUT2D eigenvalue weighted by molar-refractivity contribution is 5.96. The van der Waals surface area contributed by atoms with Gasteiger partial charge in [0, 0.05) is 5.57 Å². The molecule has 0 atom stereocenters. The molecule has 0 aliphatic rings. The normalized spacial score (nSPS) is 8.82. The Hall–Kier alpha value is -0.850. The van der Waals surface area contributed by atoms with E-state index in [1.165, 1.54) is 0 Å². The molecule has 0 unspecified atom stereocenters. The summed E-state index contributed by atoms with van der Waals surface area (Å²) >= 11 is 0. The van der Waals surface area contributed by atoms with Crippen LogP contribution in [0.2, 0.25) is 0 Å². The molecule has 0 amide bonds. The van der Waals surface area contributed by atoms with Crippen molar-refractivity contribution in [3.05, 3.63) is 22.8 Å². The van der Waals surface area contributed by atoms with E-state index in [4.69, 9.17) is 0 Å². The highest BCUT2D eigenvalue weighted by Gasteiger charge is 2.00. The number of allylic oxidation sites excluding steroid dienone is 4. The summed E-state index contributed by atoms with van der Waals surface area (Å²) in [6.07, 6.45) is 1.93. The van der Waals surface area contributed by atoms with Crippen LogP contribution in [0.5, 0.6) is 0 Å². The van der Waals surface area contributed by atoms with Gasteiger partial charge in [-0.15, -0.1) is 0 Å². The van der Waals surface area contributed by atoms with E-state index in [1.54, 1.807) is 6.92 Å². The van der Waals surface area contributed by atoms with Crippen LogP contribution in [0.4, 0.5) is 0 Å². The number of Topliss-reactive ketones (excluding diaryl/α,β-unsaturated/α-hetero) is 1. The maximum atomic E-state index is 11.0. The van der Waals surface area contributed by atoms with Gasteiger partial charge in [0.2, 0.25) is 0 Å². The van der Waals surface area contributed by atoms with Crippen LogP contribution < -0.4 is 0 Å². The van der Waals surface area contributed by atoms with Crippen molar-refractivity contribution >= 4 is 5.78 Å². The van der Waals surface area contributed by atoms with E-state index >= 15 is 0 Å². The number of carbonyl (C=O) groups excluding carboxylic acids is 1. The van der Waals surface area contributed by atoms with Gasteiger partial charge in [-0.2, -0.15) is 0 Å². The van der Waals surface area contributed by atoms with Crippen LogP contribution in [0.15, 0.2) is 22.8 Å². The zero-order valence-electron chi connectivity index (χ0n) is 7.99. The minimum absolute atomic E-state index is 0.145. The highest BCUT2D eigenvalue weighted by atomic mass is 16.1. The van der Waals surface area contributed by atoms with Gasteiger partial charge < -0.3 is 0 Å². The molecule has 0 heterocycles. The van der Waals surface area contributed by atoms with Crippen LogP contribution >= 0.6 is 0 Å². The minimum Gasteiger partial charge on any atom is -0.295 e. The van der Waals surface area contributed by atoms with Crippen LogP contribution in [0.1, 0.15) is 34.6 Å². The van der Waals surface area contributed by atoms with Crippen molar-refractivity contribution in [2.75, 3.05) is 0 Å². The van der Waals surface area contributed by atoms with E-state index < -0.39 is 0 Å². The first-order valence-corrected chi connectivity index (χ1v) is 3.78. The Bertz CT molecular complexity index is 211. The van der Waals surface area contributed by atoms with Crippen molar-refractivity contribution < 1.29 is 4.79 Å². The third-order valence-electron chi connectivity index (χ3n) is 1.35. The first-order chi connectivity index (χ1) is 4.95. The maximum Gasteiger partial charge on any atom is 0.159 e. The van der Waals surface area contributed by atoms with E-state index in [1.807, 2.05) is 33.8 Å². The van der Waals surface area contributed by atoms with Gasteiger partial charge in [-0.25, -0.2) is 0 Å². The Kier molecular flexibility index (Phi) is 3.80. The third-order valence-corrected chi connectivity index (χ3v) is 1.35. The molecule has 11 heavy (non-hydrogen) atoms. The summed E-state index contributed by atoms with van der Waals surface area (Å²) in [5, 5.41) is 0. The topological polar surface area (TPSA) is 17.1 Å². The van der Waals surface area contributed by atoms with Gasteiger partial charge in [0.05, 0.1) is 0 Å².